The van der Waals surface area contributed by atoms with Crippen molar-refractivity contribution in [3.05, 3.63) is 30.6 Å². The molecule has 0 radical (unpaired) electrons. The van der Waals surface area contributed by atoms with E-state index in [4.69, 9.17) is 14.6 Å². The van der Waals surface area contributed by atoms with Crippen LogP contribution in [0.2, 0.25) is 0 Å². The quantitative estimate of drug-likeness (QED) is 0.661. The Morgan fingerprint density at radius 2 is 2.25 bits per heavy atom. The number of aromatic nitrogens is 2. The molecule has 0 amide bonds. The van der Waals surface area contributed by atoms with E-state index in [0.29, 0.717) is 11.5 Å². The molecule has 2 heterocycles. The third-order valence-corrected chi connectivity index (χ3v) is 5.21. The number of ether oxygens (including phenoxy) is 1. The minimum absolute atomic E-state index is 0.250. The number of methoxy groups -OCH3 is 1. The van der Waals surface area contributed by atoms with Gasteiger partial charge in [0.05, 0.1) is 18.8 Å². The molecular formula is C18H29N3O3. The fraction of sp³-hybridized carbons (Fsp3) is 0.667. The predicted octanol–water partition coefficient (Wildman–Crippen LogP) is 2.55. The normalized spacial score (nSPS) is 26.8. The highest BCUT2D eigenvalue weighted by Crippen LogP contribution is 2.46. The molecule has 0 unspecified atom stereocenters. The third kappa shape index (κ3) is 4.45. The molecule has 1 aliphatic carbocycles. The van der Waals surface area contributed by atoms with Gasteiger partial charge in [-0.05, 0) is 32.2 Å². The summed E-state index contributed by atoms with van der Waals surface area (Å²) in [6.45, 7) is 7.69. The maximum absolute atomic E-state index is 8.36. The zero-order chi connectivity index (χ0) is 17.4. The van der Waals surface area contributed by atoms with Gasteiger partial charge in [-0.1, -0.05) is 12.5 Å². The summed E-state index contributed by atoms with van der Waals surface area (Å²) in [4.78, 5) is 11.0. The fourth-order valence-corrected chi connectivity index (χ4v) is 4.31. The van der Waals surface area contributed by atoms with E-state index in [1.807, 2.05) is 24.1 Å². The summed E-state index contributed by atoms with van der Waals surface area (Å²) in [5.41, 5.74) is 1.71. The Morgan fingerprint density at radius 1 is 1.50 bits per heavy atom. The Kier molecular flexibility index (Phi) is 6.99. The van der Waals surface area contributed by atoms with Gasteiger partial charge >= 0.3 is 0 Å². The van der Waals surface area contributed by atoms with Gasteiger partial charge < -0.3 is 9.84 Å². The SMILES string of the molecule is C=CCn1cc(CN2CCC[C@@]3(CCC[C@H]3OC)C2)cn1.O=CO. The van der Waals surface area contributed by atoms with Crippen molar-refractivity contribution in [3.8, 4) is 0 Å². The molecule has 2 atom stereocenters. The molecule has 1 aliphatic heterocycles. The van der Waals surface area contributed by atoms with Gasteiger partial charge in [-0.3, -0.25) is 14.4 Å². The second-order valence-electron chi connectivity index (χ2n) is 6.76. The van der Waals surface area contributed by atoms with E-state index in [1.54, 1.807) is 0 Å². The zero-order valence-corrected chi connectivity index (χ0v) is 14.6. The van der Waals surface area contributed by atoms with Crippen LogP contribution < -0.4 is 0 Å². The lowest BCUT2D eigenvalue weighted by atomic mass is 9.76. The highest BCUT2D eigenvalue weighted by molar-refractivity contribution is 5.32. The fourth-order valence-electron chi connectivity index (χ4n) is 4.31. The topological polar surface area (TPSA) is 67.6 Å². The number of piperidine rings is 1. The number of likely N-dealkylation sites (tertiary alicyclic amines) is 1. The minimum Gasteiger partial charge on any atom is -0.483 e. The summed E-state index contributed by atoms with van der Waals surface area (Å²) in [6, 6.07) is 0. The second kappa shape index (κ2) is 8.99. The predicted molar refractivity (Wildman–Crippen MR) is 92.7 cm³/mol. The Balaban J connectivity index is 0.000000647. The Bertz CT molecular complexity index is 531. The van der Waals surface area contributed by atoms with E-state index in [1.165, 1.54) is 50.8 Å². The maximum Gasteiger partial charge on any atom is 0.290 e. The van der Waals surface area contributed by atoms with E-state index in [2.05, 4.69) is 22.8 Å². The van der Waals surface area contributed by atoms with E-state index in [9.17, 15) is 0 Å². The van der Waals surface area contributed by atoms with Crippen LogP contribution in [0.3, 0.4) is 0 Å². The van der Waals surface area contributed by atoms with Crippen molar-refractivity contribution in [1.29, 1.82) is 0 Å². The van der Waals surface area contributed by atoms with E-state index in [0.717, 1.165) is 13.1 Å². The number of rotatable bonds is 5. The minimum atomic E-state index is -0.250. The summed E-state index contributed by atoms with van der Waals surface area (Å²) in [5.74, 6) is 0. The van der Waals surface area contributed by atoms with Crippen LogP contribution >= 0.6 is 0 Å². The number of nitrogens with zero attached hydrogens (tertiary/aromatic N) is 3. The van der Waals surface area contributed by atoms with Crippen molar-refractivity contribution in [2.75, 3.05) is 20.2 Å². The highest BCUT2D eigenvalue weighted by atomic mass is 16.5. The summed E-state index contributed by atoms with van der Waals surface area (Å²) in [5, 5.41) is 11.3. The molecule has 1 saturated carbocycles. The van der Waals surface area contributed by atoms with Gasteiger partial charge in [-0.15, -0.1) is 6.58 Å². The number of allylic oxidation sites excluding steroid dienone is 1. The summed E-state index contributed by atoms with van der Waals surface area (Å²) >= 11 is 0. The van der Waals surface area contributed by atoms with Gasteiger partial charge in [0, 0.05) is 37.4 Å². The van der Waals surface area contributed by atoms with Gasteiger partial charge in [-0.25, -0.2) is 0 Å². The molecule has 1 saturated heterocycles. The lowest BCUT2D eigenvalue weighted by molar-refractivity contribution is -0.122. The molecule has 0 bridgehead atoms. The van der Waals surface area contributed by atoms with Crippen molar-refractivity contribution in [1.82, 2.24) is 14.7 Å². The van der Waals surface area contributed by atoms with Crippen LogP contribution in [-0.2, 0) is 22.6 Å². The van der Waals surface area contributed by atoms with Crippen LogP contribution in [0, 0.1) is 5.41 Å². The van der Waals surface area contributed by atoms with Crippen molar-refractivity contribution in [2.45, 2.75) is 51.3 Å². The molecule has 3 rings (SSSR count). The molecule has 2 fully saturated rings. The average Bonchev–Trinajstić information content (AvgIpc) is 3.16. The van der Waals surface area contributed by atoms with E-state index < -0.39 is 0 Å². The van der Waals surface area contributed by atoms with E-state index in [-0.39, 0.29) is 6.47 Å². The summed E-state index contributed by atoms with van der Waals surface area (Å²) in [6.07, 6.45) is 13.0. The molecule has 134 valence electrons. The number of hydrogen-bond acceptors (Lipinski definition) is 4. The molecule has 6 heteroatoms. The summed E-state index contributed by atoms with van der Waals surface area (Å²) in [7, 11) is 1.88. The van der Waals surface area contributed by atoms with Crippen molar-refractivity contribution >= 4 is 6.47 Å². The standard InChI is InChI=1S/C17H27N3O.CH2O2/c1-3-9-20-13-15(11-18-20)12-19-10-5-8-17(14-19)7-4-6-16(17)21-2;2-1-3/h3,11,13,16H,1,4-10,12,14H2,2H3;1H,(H,2,3)/t16-,17+;/m1./s1. The molecule has 1 aromatic rings. The van der Waals surface area contributed by atoms with Crippen molar-refractivity contribution in [3.63, 3.8) is 0 Å². The van der Waals surface area contributed by atoms with Crippen LogP contribution in [0.15, 0.2) is 25.0 Å². The van der Waals surface area contributed by atoms with Crippen LogP contribution in [-0.4, -0.2) is 52.6 Å². The first kappa shape index (κ1) is 18.7. The van der Waals surface area contributed by atoms with Gasteiger partial charge in [0.15, 0.2) is 0 Å². The van der Waals surface area contributed by atoms with Gasteiger partial charge in [0.2, 0.25) is 0 Å². The molecule has 0 aromatic carbocycles. The number of carbonyl (C=O) groups is 1. The Morgan fingerprint density at radius 3 is 2.96 bits per heavy atom. The molecular weight excluding hydrogens is 306 g/mol. The second-order valence-corrected chi connectivity index (χ2v) is 6.76. The molecule has 1 aromatic heterocycles. The van der Waals surface area contributed by atoms with E-state index >= 15 is 0 Å². The number of carboxylic acid groups (broad SMARTS) is 1. The highest BCUT2D eigenvalue weighted by Gasteiger charge is 2.45. The average molecular weight is 335 g/mol. The molecule has 1 N–H and O–H groups in total. The van der Waals surface area contributed by atoms with Crippen LogP contribution in [0.25, 0.3) is 0 Å². The molecule has 24 heavy (non-hydrogen) atoms. The van der Waals surface area contributed by atoms with Crippen molar-refractivity contribution < 1.29 is 14.6 Å². The molecule has 2 aliphatic rings. The lowest BCUT2D eigenvalue weighted by Gasteiger charge is -2.43. The van der Waals surface area contributed by atoms with Gasteiger partial charge in [0.25, 0.3) is 6.47 Å². The lowest BCUT2D eigenvalue weighted by Crippen LogP contribution is -2.47. The third-order valence-electron chi connectivity index (χ3n) is 5.21. The van der Waals surface area contributed by atoms with Crippen LogP contribution in [0.1, 0.15) is 37.7 Å². The first-order chi connectivity index (χ1) is 11.7. The molecule has 1 spiro atoms. The number of hydrogen-bond donors (Lipinski definition) is 1. The molecule has 6 nitrogen and oxygen atoms in total. The Hall–Kier alpha value is -1.66. The maximum atomic E-state index is 8.36. The summed E-state index contributed by atoms with van der Waals surface area (Å²) < 4.78 is 7.74. The van der Waals surface area contributed by atoms with Crippen LogP contribution in [0.5, 0.6) is 0 Å². The first-order valence-electron chi connectivity index (χ1n) is 8.62. The monoisotopic (exact) mass is 335 g/mol. The van der Waals surface area contributed by atoms with Gasteiger partial charge in [0.1, 0.15) is 0 Å². The first-order valence-corrected chi connectivity index (χ1v) is 8.62. The van der Waals surface area contributed by atoms with Gasteiger partial charge in [-0.2, -0.15) is 5.10 Å². The van der Waals surface area contributed by atoms with Crippen molar-refractivity contribution in [2.24, 2.45) is 5.41 Å². The smallest absolute Gasteiger partial charge is 0.290 e. The largest absolute Gasteiger partial charge is 0.483 e. The Labute approximate surface area is 144 Å². The zero-order valence-electron chi connectivity index (χ0n) is 14.6. The van der Waals surface area contributed by atoms with Crippen LogP contribution in [0.4, 0.5) is 0 Å².